The third-order valence-corrected chi connectivity index (χ3v) is 5.47. The number of nitrogens with zero attached hydrogens (tertiary/aromatic N) is 2. The molecule has 1 aromatic carbocycles. The number of aromatic nitrogens is 1. The van der Waals surface area contributed by atoms with E-state index in [9.17, 15) is 14.4 Å². The molecule has 1 aliphatic heterocycles. The van der Waals surface area contributed by atoms with Crippen LogP contribution in [0.1, 0.15) is 19.3 Å². The van der Waals surface area contributed by atoms with Crippen molar-refractivity contribution in [2.45, 2.75) is 19.3 Å². The molecule has 118 valence electrons. The van der Waals surface area contributed by atoms with Crippen LogP contribution in [-0.4, -0.2) is 22.6 Å². The predicted molar refractivity (Wildman–Crippen MR) is 87.1 cm³/mol. The second-order valence-electron chi connectivity index (χ2n) is 6.64. The molecule has 1 saturated carbocycles. The average molecular weight is 318 g/mol. The number of carbonyl (C=O) groups is 3. The summed E-state index contributed by atoms with van der Waals surface area (Å²) in [4.78, 5) is 43.6. The van der Waals surface area contributed by atoms with Crippen molar-refractivity contribution in [2.75, 3.05) is 4.90 Å². The summed E-state index contributed by atoms with van der Waals surface area (Å²) >= 11 is 0. The van der Waals surface area contributed by atoms with Crippen LogP contribution in [0.25, 0.3) is 10.8 Å². The molecule has 0 spiro atoms. The molecule has 1 saturated heterocycles. The fourth-order valence-corrected chi connectivity index (χ4v) is 4.39. The lowest BCUT2D eigenvalue weighted by Gasteiger charge is -2.33. The van der Waals surface area contributed by atoms with Crippen LogP contribution < -0.4 is 4.90 Å². The molecule has 5 nitrogen and oxygen atoms in total. The van der Waals surface area contributed by atoms with Crippen molar-refractivity contribution in [3.8, 4) is 0 Å². The van der Waals surface area contributed by atoms with Gasteiger partial charge in [0.05, 0.1) is 11.6 Å². The fraction of sp³-hybridized carbons (Fsp3) is 0.263. The van der Waals surface area contributed by atoms with E-state index in [2.05, 4.69) is 4.98 Å². The second kappa shape index (κ2) is 4.60. The Balaban J connectivity index is 1.71. The molecule has 24 heavy (non-hydrogen) atoms. The molecule has 4 aliphatic rings. The zero-order valence-corrected chi connectivity index (χ0v) is 12.9. The molecule has 2 bridgehead atoms. The summed E-state index contributed by atoms with van der Waals surface area (Å²) < 4.78 is 0. The van der Waals surface area contributed by atoms with Gasteiger partial charge in [-0.3, -0.25) is 19.4 Å². The molecule has 0 N–H and O–H groups in total. The highest BCUT2D eigenvalue weighted by atomic mass is 16.2. The minimum Gasteiger partial charge on any atom is -0.299 e. The highest BCUT2D eigenvalue weighted by Crippen LogP contribution is 2.49. The molecule has 2 atom stereocenters. The lowest BCUT2D eigenvalue weighted by Crippen LogP contribution is -2.38. The maximum Gasteiger partial charge on any atom is 0.261 e. The smallest absolute Gasteiger partial charge is 0.261 e. The average Bonchev–Trinajstić information content (AvgIpc) is 2.88. The minimum absolute atomic E-state index is 0.107. The molecule has 2 aromatic rings. The highest BCUT2D eigenvalue weighted by Gasteiger charge is 2.55. The van der Waals surface area contributed by atoms with Gasteiger partial charge in [0, 0.05) is 41.1 Å². The summed E-state index contributed by atoms with van der Waals surface area (Å²) in [6.45, 7) is 0. The van der Waals surface area contributed by atoms with Crippen molar-refractivity contribution in [1.82, 2.24) is 4.98 Å². The third kappa shape index (κ3) is 1.59. The third-order valence-electron chi connectivity index (χ3n) is 5.47. The monoisotopic (exact) mass is 318 g/mol. The van der Waals surface area contributed by atoms with Crippen molar-refractivity contribution in [3.05, 3.63) is 47.8 Å². The van der Waals surface area contributed by atoms with E-state index in [1.165, 1.54) is 4.90 Å². The molecular weight excluding hydrogens is 304 g/mol. The molecule has 3 aliphatic carbocycles. The number of fused-ring (bicyclic) bond motifs is 3. The predicted octanol–water partition coefficient (Wildman–Crippen LogP) is 2.40. The number of carbonyl (C=O) groups excluding carboxylic acids is 3. The molecular formula is C19H14N2O3. The van der Waals surface area contributed by atoms with E-state index in [1.54, 1.807) is 18.5 Å². The van der Waals surface area contributed by atoms with Crippen LogP contribution in [0, 0.1) is 11.8 Å². The topological polar surface area (TPSA) is 67.3 Å². The van der Waals surface area contributed by atoms with Crippen LogP contribution in [0.3, 0.4) is 0 Å². The number of anilines is 1. The quantitative estimate of drug-likeness (QED) is 0.757. The molecule has 2 unspecified atom stereocenters. The molecule has 2 fully saturated rings. The molecule has 0 radical (unpaired) electrons. The van der Waals surface area contributed by atoms with E-state index in [1.807, 2.05) is 18.2 Å². The minimum atomic E-state index is -0.570. The lowest BCUT2D eigenvalue weighted by atomic mass is 9.67. The van der Waals surface area contributed by atoms with E-state index in [0.29, 0.717) is 24.1 Å². The first-order chi connectivity index (χ1) is 11.7. The first-order valence-corrected chi connectivity index (χ1v) is 8.12. The first kappa shape index (κ1) is 13.6. The highest BCUT2D eigenvalue weighted by molar-refractivity contribution is 6.33. The number of amides is 2. The standard InChI is InChI=1S/C19H14N2O3/c22-15-8-10-4-5-13(15)17-16(10)18(23)21(19(17)24)14-3-1-2-11-9-20-7-6-12(11)14/h1-3,6-7,9,13,17H,4-5,8H2. The van der Waals surface area contributed by atoms with E-state index in [4.69, 9.17) is 0 Å². The summed E-state index contributed by atoms with van der Waals surface area (Å²) in [5.74, 6) is -1.29. The van der Waals surface area contributed by atoms with Crippen LogP contribution >= 0.6 is 0 Å². The van der Waals surface area contributed by atoms with Gasteiger partial charge in [0.1, 0.15) is 5.78 Å². The van der Waals surface area contributed by atoms with Gasteiger partial charge in [0.25, 0.3) is 5.91 Å². The molecule has 6 rings (SSSR count). The largest absolute Gasteiger partial charge is 0.299 e. The molecule has 1 aromatic heterocycles. The van der Waals surface area contributed by atoms with Gasteiger partial charge in [-0.2, -0.15) is 0 Å². The lowest BCUT2D eigenvalue weighted by molar-refractivity contribution is -0.131. The Kier molecular flexibility index (Phi) is 2.61. The van der Waals surface area contributed by atoms with Gasteiger partial charge in [0.2, 0.25) is 5.91 Å². The Morgan fingerprint density at radius 1 is 1.12 bits per heavy atom. The Bertz CT molecular complexity index is 970. The summed E-state index contributed by atoms with van der Waals surface area (Å²) in [6, 6.07) is 7.31. The number of imide groups is 1. The number of hydrogen-bond acceptors (Lipinski definition) is 4. The van der Waals surface area contributed by atoms with E-state index < -0.39 is 5.92 Å². The summed E-state index contributed by atoms with van der Waals surface area (Å²) in [5.41, 5.74) is 2.04. The van der Waals surface area contributed by atoms with Gasteiger partial charge < -0.3 is 0 Å². The number of pyridine rings is 1. The molecule has 5 heteroatoms. The molecule has 2 amide bonds. The number of allylic oxidation sites excluding steroid dienone is 1. The van der Waals surface area contributed by atoms with Crippen molar-refractivity contribution in [3.63, 3.8) is 0 Å². The Hall–Kier alpha value is -2.82. The van der Waals surface area contributed by atoms with E-state index in [0.717, 1.165) is 22.8 Å². The zero-order valence-electron chi connectivity index (χ0n) is 12.9. The van der Waals surface area contributed by atoms with E-state index in [-0.39, 0.29) is 23.5 Å². The van der Waals surface area contributed by atoms with Gasteiger partial charge in [-0.15, -0.1) is 0 Å². The zero-order chi connectivity index (χ0) is 16.4. The fourth-order valence-electron chi connectivity index (χ4n) is 4.39. The van der Waals surface area contributed by atoms with Crippen molar-refractivity contribution in [1.29, 1.82) is 0 Å². The second-order valence-corrected chi connectivity index (χ2v) is 6.64. The van der Waals surface area contributed by atoms with Crippen molar-refractivity contribution < 1.29 is 14.4 Å². The van der Waals surface area contributed by atoms with Gasteiger partial charge in [-0.25, -0.2) is 4.90 Å². The van der Waals surface area contributed by atoms with E-state index >= 15 is 0 Å². The Morgan fingerprint density at radius 2 is 2.00 bits per heavy atom. The Labute approximate surface area is 138 Å². The molecule has 2 heterocycles. The van der Waals surface area contributed by atoms with Crippen LogP contribution in [0.5, 0.6) is 0 Å². The van der Waals surface area contributed by atoms with Crippen molar-refractivity contribution in [2.24, 2.45) is 11.8 Å². The van der Waals surface area contributed by atoms with Crippen LogP contribution in [0.4, 0.5) is 5.69 Å². The Morgan fingerprint density at radius 3 is 2.83 bits per heavy atom. The van der Waals surface area contributed by atoms with Gasteiger partial charge in [-0.05, 0) is 25.0 Å². The summed E-state index contributed by atoms with van der Waals surface area (Å²) in [5, 5.41) is 1.69. The summed E-state index contributed by atoms with van der Waals surface area (Å²) in [6.07, 6.45) is 5.15. The van der Waals surface area contributed by atoms with Crippen molar-refractivity contribution >= 4 is 34.1 Å². The van der Waals surface area contributed by atoms with Gasteiger partial charge in [0.15, 0.2) is 0 Å². The van der Waals surface area contributed by atoms with Crippen LogP contribution in [0.2, 0.25) is 0 Å². The number of rotatable bonds is 1. The van der Waals surface area contributed by atoms with Crippen LogP contribution in [-0.2, 0) is 14.4 Å². The number of ketones is 1. The van der Waals surface area contributed by atoms with Gasteiger partial charge >= 0.3 is 0 Å². The normalized spacial score (nSPS) is 25.8. The SMILES string of the molecule is O=C1CC2=C3C(=O)N(c4cccc5cnccc45)C(=O)C3C1CC2. The van der Waals surface area contributed by atoms with Gasteiger partial charge in [-0.1, -0.05) is 17.7 Å². The number of Topliss-reactive ketones (excluding diaryl/α,β-unsaturated/α-hetero) is 1. The maximum absolute atomic E-state index is 13.0. The van der Waals surface area contributed by atoms with Crippen LogP contribution in [0.15, 0.2) is 47.8 Å². The number of hydrogen-bond donors (Lipinski definition) is 0. The maximum atomic E-state index is 13.0. The number of benzene rings is 1. The first-order valence-electron chi connectivity index (χ1n) is 8.12. The summed E-state index contributed by atoms with van der Waals surface area (Å²) in [7, 11) is 0.